The summed E-state index contributed by atoms with van der Waals surface area (Å²) in [5.41, 5.74) is 1.96. The summed E-state index contributed by atoms with van der Waals surface area (Å²) in [5, 5.41) is 16.3. The number of halogens is 1. The summed E-state index contributed by atoms with van der Waals surface area (Å²) in [7, 11) is 0. The van der Waals surface area contributed by atoms with Gasteiger partial charge >= 0.3 is 0 Å². The number of aromatic nitrogens is 2. The second-order valence-corrected chi connectivity index (χ2v) is 4.49. The van der Waals surface area contributed by atoms with Crippen LogP contribution < -0.4 is 5.32 Å². The number of aliphatic hydroxyl groups is 1. The molecule has 2 rings (SSSR count). The van der Waals surface area contributed by atoms with Crippen molar-refractivity contribution >= 4 is 0 Å². The summed E-state index contributed by atoms with van der Waals surface area (Å²) in [6.07, 6.45) is 3.66. The van der Waals surface area contributed by atoms with Crippen LogP contribution in [0.2, 0.25) is 0 Å². The van der Waals surface area contributed by atoms with Crippen LogP contribution in [0.5, 0.6) is 0 Å². The highest BCUT2D eigenvalue weighted by atomic mass is 19.1. The fourth-order valence-corrected chi connectivity index (χ4v) is 1.89. The second-order valence-electron chi connectivity index (χ2n) is 4.49. The number of benzene rings is 1. The Labute approximate surface area is 111 Å². The van der Waals surface area contributed by atoms with E-state index in [1.165, 1.54) is 12.1 Å². The third-order valence-electron chi connectivity index (χ3n) is 2.98. The summed E-state index contributed by atoms with van der Waals surface area (Å²) < 4.78 is 14.8. The van der Waals surface area contributed by atoms with Crippen molar-refractivity contribution in [2.75, 3.05) is 6.61 Å². The molecule has 2 aromatic rings. The lowest BCUT2D eigenvalue weighted by Gasteiger charge is -2.13. The molecule has 0 saturated carbocycles. The first kappa shape index (κ1) is 13.7. The van der Waals surface area contributed by atoms with E-state index in [0.29, 0.717) is 13.1 Å². The van der Waals surface area contributed by atoms with Gasteiger partial charge in [0.1, 0.15) is 5.82 Å². The first-order valence-corrected chi connectivity index (χ1v) is 6.30. The van der Waals surface area contributed by atoms with E-state index in [1.807, 2.05) is 19.2 Å². The molecule has 19 heavy (non-hydrogen) atoms. The highest BCUT2D eigenvalue weighted by molar-refractivity contribution is 5.19. The molecule has 0 radical (unpaired) electrons. The van der Waals surface area contributed by atoms with Crippen molar-refractivity contribution < 1.29 is 9.50 Å². The predicted molar refractivity (Wildman–Crippen MR) is 71.0 cm³/mol. The Bertz CT molecular complexity index is 527. The summed E-state index contributed by atoms with van der Waals surface area (Å²) in [6.45, 7) is 3.23. The molecule has 0 fully saturated rings. The average molecular weight is 263 g/mol. The van der Waals surface area contributed by atoms with Crippen molar-refractivity contribution in [1.82, 2.24) is 15.1 Å². The molecule has 0 bridgehead atoms. The van der Waals surface area contributed by atoms with Crippen molar-refractivity contribution in [2.45, 2.75) is 26.1 Å². The number of nitrogens with one attached hydrogen (secondary N) is 1. The van der Waals surface area contributed by atoms with Crippen LogP contribution in [0.1, 0.15) is 24.1 Å². The topological polar surface area (TPSA) is 50.1 Å². The highest BCUT2D eigenvalue weighted by Gasteiger charge is 2.06. The zero-order valence-electron chi connectivity index (χ0n) is 10.9. The molecular weight excluding hydrogens is 245 g/mol. The lowest BCUT2D eigenvalue weighted by Crippen LogP contribution is -2.17. The maximum absolute atomic E-state index is 13.1. The third kappa shape index (κ3) is 3.87. The smallest absolute Gasteiger partial charge is 0.123 e. The van der Waals surface area contributed by atoms with E-state index in [2.05, 4.69) is 10.4 Å². The fourth-order valence-electron chi connectivity index (χ4n) is 1.89. The Balaban J connectivity index is 1.90. The minimum atomic E-state index is -0.220. The van der Waals surface area contributed by atoms with Crippen LogP contribution in [-0.4, -0.2) is 21.5 Å². The summed E-state index contributed by atoms with van der Waals surface area (Å²) >= 11 is 0. The van der Waals surface area contributed by atoms with E-state index in [4.69, 9.17) is 5.11 Å². The van der Waals surface area contributed by atoms with E-state index in [9.17, 15) is 4.39 Å². The van der Waals surface area contributed by atoms with Gasteiger partial charge < -0.3 is 10.4 Å². The molecule has 1 aromatic carbocycles. The molecule has 1 aromatic heterocycles. The third-order valence-corrected chi connectivity index (χ3v) is 2.98. The predicted octanol–water partition coefficient (Wildman–Crippen LogP) is 1.87. The van der Waals surface area contributed by atoms with E-state index >= 15 is 0 Å². The van der Waals surface area contributed by atoms with Gasteiger partial charge in [0.05, 0.1) is 19.3 Å². The zero-order valence-corrected chi connectivity index (χ0v) is 10.9. The van der Waals surface area contributed by atoms with Crippen LogP contribution in [-0.2, 0) is 13.1 Å². The van der Waals surface area contributed by atoms with Crippen molar-refractivity contribution in [2.24, 2.45) is 0 Å². The maximum Gasteiger partial charge on any atom is 0.123 e. The number of rotatable bonds is 6. The Morgan fingerprint density at radius 2 is 2.32 bits per heavy atom. The minimum Gasteiger partial charge on any atom is -0.394 e. The van der Waals surface area contributed by atoms with Crippen LogP contribution in [0, 0.1) is 5.82 Å². The van der Waals surface area contributed by atoms with E-state index in [1.54, 1.807) is 16.9 Å². The number of nitrogens with zero attached hydrogens (tertiary/aromatic N) is 2. The summed E-state index contributed by atoms with van der Waals surface area (Å²) in [4.78, 5) is 0. The van der Waals surface area contributed by atoms with Gasteiger partial charge in [0.15, 0.2) is 0 Å². The Kier molecular flexibility index (Phi) is 4.65. The Morgan fingerprint density at radius 3 is 3.05 bits per heavy atom. The van der Waals surface area contributed by atoms with Crippen molar-refractivity contribution in [3.8, 4) is 0 Å². The normalized spacial score (nSPS) is 12.6. The Hall–Kier alpha value is -1.72. The summed E-state index contributed by atoms with van der Waals surface area (Å²) in [6, 6.07) is 6.65. The Morgan fingerprint density at radius 1 is 1.47 bits per heavy atom. The molecule has 0 amide bonds. The molecule has 1 heterocycles. The highest BCUT2D eigenvalue weighted by Crippen LogP contribution is 2.14. The lowest BCUT2D eigenvalue weighted by atomic mass is 10.1. The van der Waals surface area contributed by atoms with Crippen LogP contribution in [0.4, 0.5) is 4.39 Å². The minimum absolute atomic E-state index is 0.0666. The molecule has 1 unspecified atom stereocenters. The first-order valence-electron chi connectivity index (χ1n) is 6.30. The first-order chi connectivity index (χ1) is 9.19. The van der Waals surface area contributed by atoms with E-state index in [0.717, 1.165) is 11.1 Å². The molecule has 2 N–H and O–H groups in total. The molecule has 0 aliphatic rings. The van der Waals surface area contributed by atoms with Crippen LogP contribution in [0.15, 0.2) is 36.7 Å². The van der Waals surface area contributed by atoms with E-state index < -0.39 is 0 Å². The lowest BCUT2D eigenvalue weighted by molar-refractivity contribution is 0.269. The molecule has 0 spiro atoms. The largest absolute Gasteiger partial charge is 0.394 e. The fraction of sp³-hybridized carbons (Fsp3) is 0.357. The van der Waals surface area contributed by atoms with Gasteiger partial charge in [0, 0.05) is 24.3 Å². The molecule has 102 valence electrons. The van der Waals surface area contributed by atoms with Crippen molar-refractivity contribution in [3.05, 3.63) is 53.6 Å². The molecule has 1 atom stereocenters. The van der Waals surface area contributed by atoms with Gasteiger partial charge in [-0.05, 0) is 24.6 Å². The SMILES string of the molecule is CC(NCc1cnn(CCO)c1)c1cccc(F)c1. The van der Waals surface area contributed by atoms with Gasteiger partial charge in [-0.2, -0.15) is 5.10 Å². The maximum atomic E-state index is 13.1. The molecule has 4 nitrogen and oxygen atoms in total. The van der Waals surface area contributed by atoms with E-state index in [-0.39, 0.29) is 18.5 Å². The standard InChI is InChI=1S/C14H18FN3O/c1-11(13-3-2-4-14(15)7-13)16-8-12-9-17-18(10-12)5-6-19/h2-4,7,9-11,16,19H,5-6,8H2,1H3. The van der Waals surface area contributed by atoms with Gasteiger partial charge in [-0.25, -0.2) is 4.39 Å². The molecule has 0 aliphatic carbocycles. The molecule has 0 saturated heterocycles. The monoisotopic (exact) mass is 263 g/mol. The van der Waals surface area contributed by atoms with Crippen molar-refractivity contribution in [3.63, 3.8) is 0 Å². The summed E-state index contributed by atoms with van der Waals surface area (Å²) in [5.74, 6) is -0.220. The quantitative estimate of drug-likeness (QED) is 0.836. The van der Waals surface area contributed by atoms with Gasteiger partial charge in [-0.15, -0.1) is 0 Å². The van der Waals surface area contributed by atoms with Crippen LogP contribution >= 0.6 is 0 Å². The number of hydrogen-bond donors (Lipinski definition) is 2. The zero-order chi connectivity index (χ0) is 13.7. The van der Waals surface area contributed by atoms with Gasteiger partial charge in [-0.1, -0.05) is 12.1 Å². The van der Waals surface area contributed by atoms with Gasteiger partial charge in [0.25, 0.3) is 0 Å². The number of aliphatic hydroxyl groups excluding tert-OH is 1. The average Bonchev–Trinajstić information content (AvgIpc) is 2.84. The molecule has 5 heteroatoms. The number of hydrogen-bond acceptors (Lipinski definition) is 3. The van der Waals surface area contributed by atoms with Crippen LogP contribution in [0.25, 0.3) is 0 Å². The van der Waals surface area contributed by atoms with Gasteiger partial charge in [0.2, 0.25) is 0 Å². The molecule has 0 aliphatic heterocycles. The van der Waals surface area contributed by atoms with Crippen LogP contribution in [0.3, 0.4) is 0 Å². The molecular formula is C14H18FN3O. The van der Waals surface area contributed by atoms with Crippen molar-refractivity contribution in [1.29, 1.82) is 0 Å². The second kappa shape index (κ2) is 6.45. The van der Waals surface area contributed by atoms with Gasteiger partial charge in [-0.3, -0.25) is 4.68 Å².